The lowest BCUT2D eigenvalue weighted by Gasteiger charge is -2.42. The molecule has 0 spiro atoms. The summed E-state index contributed by atoms with van der Waals surface area (Å²) in [6, 6.07) is 2.02. The number of aryl methyl sites for hydroxylation is 1. The van der Waals surface area contributed by atoms with Gasteiger partial charge in [0.1, 0.15) is 17.5 Å². The molecule has 1 saturated heterocycles. The highest BCUT2D eigenvalue weighted by Gasteiger charge is 2.32. The fourth-order valence-electron chi connectivity index (χ4n) is 2.74. The second-order valence-electron chi connectivity index (χ2n) is 6.10. The Morgan fingerprint density at radius 1 is 1.45 bits per heavy atom. The summed E-state index contributed by atoms with van der Waals surface area (Å²) in [7, 11) is 1.90. The first-order chi connectivity index (χ1) is 9.43. The molecule has 1 atom stereocenters. The van der Waals surface area contributed by atoms with E-state index in [-0.39, 0.29) is 11.7 Å². The first-order valence-corrected chi connectivity index (χ1v) is 7.42. The minimum Gasteiger partial charge on any atom is -0.373 e. The third kappa shape index (κ3) is 3.60. The summed E-state index contributed by atoms with van der Waals surface area (Å²) >= 11 is 0. The van der Waals surface area contributed by atoms with E-state index in [0.717, 1.165) is 43.4 Å². The Labute approximate surface area is 121 Å². The van der Waals surface area contributed by atoms with Gasteiger partial charge in [0.2, 0.25) is 0 Å². The predicted octanol–water partition coefficient (Wildman–Crippen LogP) is 2.47. The Morgan fingerprint density at radius 2 is 2.20 bits per heavy atom. The molecular formula is C15H26N4O. The molecule has 0 saturated carbocycles. The summed E-state index contributed by atoms with van der Waals surface area (Å²) in [4.78, 5) is 11.5. The number of ether oxygens (including phenoxy) is 1. The quantitative estimate of drug-likeness (QED) is 0.917. The van der Waals surface area contributed by atoms with E-state index in [1.165, 1.54) is 0 Å². The Balaban J connectivity index is 2.28. The minimum absolute atomic E-state index is 0.145. The molecule has 1 unspecified atom stereocenters. The Hall–Kier alpha value is -1.36. The zero-order valence-corrected chi connectivity index (χ0v) is 13.2. The van der Waals surface area contributed by atoms with E-state index in [9.17, 15) is 0 Å². The zero-order chi connectivity index (χ0) is 14.8. The molecule has 0 aromatic carbocycles. The standard InChI is InChI=1S/C15H26N4O/c1-6-7-12-17-13(16-5)8-14(18-12)19-9-11(2)20-15(3,4)10-19/h8,11H,6-7,9-10H2,1-5H3,(H,16,17,18). The number of anilines is 2. The van der Waals surface area contributed by atoms with Crippen LogP contribution in [0.1, 0.15) is 39.9 Å². The molecular weight excluding hydrogens is 252 g/mol. The van der Waals surface area contributed by atoms with Gasteiger partial charge >= 0.3 is 0 Å². The van der Waals surface area contributed by atoms with E-state index in [1.54, 1.807) is 0 Å². The summed E-state index contributed by atoms with van der Waals surface area (Å²) in [6.07, 6.45) is 2.17. The zero-order valence-electron chi connectivity index (χ0n) is 13.2. The molecule has 0 bridgehead atoms. The highest BCUT2D eigenvalue weighted by atomic mass is 16.5. The van der Waals surface area contributed by atoms with Crippen LogP contribution in [-0.2, 0) is 11.2 Å². The molecule has 2 rings (SSSR count). The first-order valence-electron chi connectivity index (χ1n) is 7.42. The largest absolute Gasteiger partial charge is 0.373 e. The van der Waals surface area contributed by atoms with Crippen molar-refractivity contribution in [1.82, 2.24) is 9.97 Å². The lowest BCUT2D eigenvalue weighted by Crippen LogP contribution is -2.52. The highest BCUT2D eigenvalue weighted by molar-refractivity contribution is 5.50. The van der Waals surface area contributed by atoms with Crippen LogP contribution in [0.5, 0.6) is 0 Å². The summed E-state index contributed by atoms with van der Waals surface area (Å²) in [5.74, 6) is 2.79. The van der Waals surface area contributed by atoms with Gasteiger partial charge in [-0.05, 0) is 27.2 Å². The van der Waals surface area contributed by atoms with E-state index in [1.807, 2.05) is 13.1 Å². The van der Waals surface area contributed by atoms with E-state index in [4.69, 9.17) is 9.72 Å². The lowest BCUT2D eigenvalue weighted by atomic mass is 10.1. The van der Waals surface area contributed by atoms with Crippen molar-refractivity contribution in [3.63, 3.8) is 0 Å². The molecule has 20 heavy (non-hydrogen) atoms. The highest BCUT2D eigenvalue weighted by Crippen LogP contribution is 2.26. The number of nitrogens with zero attached hydrogens (tertiary/aromatic N) is 3. The fraction of sp³-hybridized carbons (Fsp3) is 0.733. The van der Waals surface area contributed by atoms with Gasteiger partial charge in [0.25, 0.3) is 0 Å². The average Bonchev–Trinajstić information content (AvgIpc) is 2.36. The number of morpholine rings is 1. The van der Waals surface area contributed by atoms with Crippen molar-refractivity contribution < 1.29 is 4.74 Å². The van der Waals surface area contributed by atoms with Gasteiger partial charge in [-0.3, -0.25) is 0 Å². The fourth-order valence-corrected chi connectivity index (χ4v) is 2.74. The molecule has 0 radical (unpaired) electrons. The van der Waals surface area contributed by atoms with Gasteiger partial charge in [-0.2, -0.15) is 0 Å². The summed E-state index contributed by atoms with van der Waals surface area (Å²) in [6.45, 7) is 10.2. The monoisotopic (exact) mass is 278 g/mol. The van der Waals surface area contributed by atoms with Gasteiger partial charge < -0.3 is 15.0 Å². The second-order valence-corrected chi connectivity index (χ2v) is 6.10. The normalized spacial score (nSPS) is 21.9. The summed E-state index contributed by atoms with van der Waals surface area (Å²) in [5, 5.41) is 3.13. The van der Waals surface area contributed by atoms with E-state index in [2.05, 4.69) is 42.9 Å². The van der Waals surface area contributed by atoms with Crippen molar-refractivity contribution in [1.29, 1.82) is 0 Å². The molecule has 1 aliphatic heterocycles. The maximum Gasteiger partial charge on any atom is 0.134 e. The van der Waals surface area contributed by atoms with Crippen molar-refractivity contribution in [2.24, 2.45) is 0 Å². The molecule has 1 aliphatic rings. The van der Waals surface area contributed by atoms with Crippen LogP contribution in [0, 0.1) is 0 Å². The van der Waals surface area contributed by atoms with Crippen LogP contribution in [0.4, 0.5) is 11.6 Å². The SMILES string of the molecule is CCCc1nc(NC)cc(N2CC(C)OC(C)(C)C2)n1. The van der Waals surface area contributed by atoms with Gasteiger partial charge in [0.05, 0.1) is 11.7 Å². The van der Waals surface area contributed by atoms with Crippen molar-refractivity contribution in [2.45, 2.75) is 52.2 Å². The first kappa shape index (κ1) is 15.0. The van der Waals surface area contributed by atoms with E-state index >= 15 is 0 Å². The molecule has 0 aliphatic carbocycles. The Kier molecular flexibility index (Phi) is 4.48. The van der Waals surface area contributed by atoms with Crippen LogP contribution in [-0.4, -0.2) is 41.8 Å². The van der Waals surface area contributed by atoms with E-state index < -0.39 is 0 Å². The number of aromatic nitrogens is 2. The van der Waals surface area contributed by atoms with Crippen molar-refractivity contribution in [3.05, 3.63) is 11.9 Å². The van der Waals surface area contributed by atoms with Gasteiger partial charge in [-0.25, -0.2) is 9.97 Å². The van der Waals surface area contributed by atoms with Gasteiger partial charge in [-0.1, -0.05) is 6.92 Å². The second kappa shape index (κ2) is 5.95. The van der Waals surface area contributed by atoms with Gasteiger partial charge in [0.15, 0.2) is 0 Å². The van der Waals surface area contributed by atoms with Crippen LogP contribution in [0.2, 0.25) is 0 Å². The maximum atomic E-state index is 5.96. The molecule has 2 heterocycles. The third-order valence-electron chi connectivity index (χ3n) is 3.38. The number of rotatable bonds is 4. The van der Waals surface area contributed by atoms with Crippen LogP contribution < -0.4 is 10.2 Å². The third-order valence-corrected chi connectivity index (χ3v) is 3.38. The van der Waals surface area contributed by atoms with Crippen LogP contribution in [0.25, 0.3) is 0 Å². The van der Waals surface area contributed by atoms with Crippen molar-refractivity contribution in [3.8, 4) is 0 Å². The molecule has 5 heteroatoms. The van der Waals surface area contributed by atoms with Gasteiger partial charge in [0, 0.05) is 32.6 Å². The predicted molar refractivity (Wildman–Crippen MR) is 82.4 cm³/mol. The molecule has 0 amide bonds. The average molecular weight is 278 g/mol. The molecule has 1 aromatic heterocycles. The summed E-state index contributed by atoms with van der Waals surface area (Å²) < 4.78 is 5.96. The Morgan fingerprint density at radius 3 is 2.80 bits per heavy atom. The molecule has 1 aromatic rings. The van der Waals surface area contributed by atoms with Crippen molar-refractivity contribution in [2.75, 3.05) is 30.4 Å². The molecule has 5 nitrogen and oxygen atoms in total. The number of hydrogen-bond donors (Lipinski definition) is 1. The minimum atomic E-state index is -0.145. The topological polar surface area (TPSA) is 50.3 Å². The molecule has 112 valence electrons. The van der Waals surface area contributed by atoms with Gasteiger partial charge in [-0.15, -0.1) is 0 Å². The van der Waals surface area contributed by atoms with E-state index in [0.29, 0.717) is 0 Å². The number of hydrogen-bond acceptors (Lipinski definition) is 5. The van der Waals surface area contributed by atoms with Crippen LogP contribution in [0.3, 0.4) is 0 Å². The lowest BCUT2D eigenvalue weighted by molar-refractivity contribution is -0.0751. The van der Waals surface area contributed by atoms with Crippen molar-refractivity contribution >= 4 is 11.6 Å². The van der Waals surface area contributed by atoms with Crippen LogP contribution in [0.15, 0.2) is 6.07 Å². The molecule has 1 fully saturated rings. The smallest absolute Gasteiger partial charge is 0.134 e. The number of nitrogens with one attached hydrogen (secondary N) is 1. The Bertz CT molecular complexity index is 461. The maximum absolute atomic E-state index is 5.96. The molecule has 1 N–H and O–H groups in total. The van der Waals surface area contributed by atoms with Crippen LogP contribution >= 0.6 is 0 Å². The summed E-state index contributed by atoms with van der Waals surface area (Å²) in [5.41, 5.74) is -0.145.